The number of fused-ring (bicyclic) bond motifs is 1. The fourth-order valence-corrected chi connectivity index (χ4v) is 6.20. The van der Waals surface area contributed by atoms with E-state index in [1.165, 1.54) is 18.2 Å². The van der Waals surface area contributed by atoms with Crippen LogP contribution in [0.2, 0.25) is 0 Å². The maximum atomic E-state index is 15.5. The van der Waals surface area contributed by atoms with Gasteiger partial charge in [0.25, 0.3) is 0 Å². The molecule has 0 amide bonds. The molecule has 0 saturated carbocycles. The van der Waals surface area contributed by atoms with Crippen molar-refractivity contribution in [3.8, 4) is 11.4 Å². The van der Waals surface area contributed by atoms with E-state index in [-0.39, 0.29) is 23.3 Å². The van der Waals surface area contributed by atoms with Gasteiger partial charge in [0.15, 0.2) is 0 Å². The molecule has 3 aromatic carbocycles. The summed E-state index contributed by atoms with van der Waals surface area (Å²) in [4.78, 5) is 20.3. The van der Waals surface area contributed by atoms with E-state index >= 15 is 4.39 Å². The van der Waals surface area contributed by atoms with Gasteiger partial charge in [-0.2, -0.15) is 29.9 Å². The molecule has 1 fully saturated rings. The molecule has 6 rings (SSSR count). The Bertz CT molecular complexity index is 1830. The standard InChI is InChI=1S/C32H28F4N4O2S/c1-31(2,21-6-4-3-5-7-21)30-37-29(38-42-30)24-19-40(18-20-8-10-22(11-9-20)32(34,35)36)26-17-27(39-12-14-43-15-13-39)25(33)16-23(26)28(24)41/h3-11,16-17,19H,12-15,18H2,1-2H3. The van der Waals surface area contributed by atoms with Gasteiger partial charge in [0.1, 0.15) is 5.82 Å². The summed E-state index contributed by atoms with van der Waals surface area (Å²) >= 11 is 1.79. The van der Waals surface area contributed by atoms with E-state index in [2.05, 4.69) is 10.1 Å². The molecule has 3 heterocycles. The molecule has 0 aliphatic carbocycles. The van der Waals surface area contributed by atoms with E-state index in [4.69, 9.17) is 4.52 Å². The SMILES string of the molecule is CC(C)(c1ccccc1)c1nc(-c2cn(Cc3ccc(C(F)(F)F)cc3)c3cc(N4CCSCC4)c(F)cc3c2=O)no1. The first-order valence-corrected chi connectivity index (χ1v) is 14.9. The zero-order chi connectivity index (χ0) is 30.4. The fourth-order valence-electron chi connectivity index (χ4n) is 5.30. The van der Waals surface area contributed by atoms with Crippen LogP contribution >= 0.6 is 11.8 Å². The van der Waals surface area contributed by atoms with Crippen molar-refractivity contribution < 1.29 is 22.1 Å². The van der Waals surface area contributed by atoms with Gasteiger partial charge in [-0.3, -0.25) is 4.79 Å². The van der Waals surface area contributed by atoms with Crippen molar-refractivity contribution in [3.63, 3.8) is 0 Å². The summed E-state index contributed by atoms with van der Waals surface area (Å²) in [6, 6.07) is 17.3. The van der Waals surface area contributed by atoms with Crippen LogP contribution in [0.15, 0.2) is 82.2 Å². The minimum atomic E-state index is -4.46. The van der Waals surface area contributed by atoms with Crippen molar-refractivity contribution in [2.24, 2.45) is 0 Å². The molecule has 0 unspecified atom stereocenters. The van der Waals surface area contributed by atoms with E-state index < -0.39 is 28.4 Å². The summed E-state index contributed by atoms with van der Waals surface area (Å²) in [6.07, 6.45) is -2.89. The zero-order valence-electron chi connectivity index (χ0n) is 23.5. The van der Waals surface area contributed by atoms with Crippen LogP contribution in [0.4, 0.5) is 23.2 Å². The van der Waals surface area contributed by atoms with E-state index in [1.807, 2.05) is 49.1 Å². The lowest BCUT2D eigenvalue weighted by Gasteiger charge is -2.29. The second kappa shape index (κ2) is 11.2. The first-order valence-electron chi connectivity index (χ1n) is 13.8. The third kappa shape index (κ3) is 5.65. The lowest BCUT2D eigenvalue weighted by molar-refractivity contribution is -0.137. The lowest BCUT2D eigenvalue weighted by atomic mass is 9.84. The number of thioether (sulfide) groups is 1. The quantitative estimate of drug-likeness (QED) is 0.191. The summed E-state index contributed by atoms with van der Waals surface area (Å²) in [5.41, 5.74) is 0.565. The molecule has 11 heteroatoms. The second-order valence-electron chi connectivity index (χ2n) is 11.0. The minimum Gasteiger partial charge on any atom is -0.367 e. The van der Waals surface area contributed by atoms with Crippen molar-refractivity contribution >= 4 is 28.4 Å². The molecule has 2 aromatic heterocycles. The molecule has 222 valence electrons. The van der Waals surface area contributed by atoms with Crippen molar-refractivity contribution in [1.82, 2.24) is 14.7 Å². The van der Waals surface area contributed by atoms with Crippen molar-refractivity contribution in [2.45, 2.75) is 32.0 Å². The molecule has 5 aromatic rings. The Morgan fingerprint density at radius 2 is 1.65 bits per heavy atom. The minimum absolute atomic E-state index is 0.0459. The molecular weight excluding hydrogens is 580 g/mol. The summed E-state index contributed by atoms with van der Waals surface area (Å²) in [5.74, 6) is 1.54. The van der Waals surface area contributed by atoms with Crippen LogP contribution < -0.4 is 10.3 Å². The van der Waals surface area contributed by atoms with Gasteiger partial charge in [-0.15, -0.1) is 0 Å². The van der Waals surface area contributed by atoms with Gasteiger partial charge in [-0.05, 0) is 49.2 Å². The van der Waals surface area contributed by atoms with E-state index in [0.29, 0.717) is 35.7 Å². The number of rotatable bonds is 6. The van der Waals surface area contributed by atoms with Crippen molar-refractivity contribution in [1.29, 1.82) is 0 Å². The number of nitrogens with zero attached hydrogens (tertiary/aromatic N) is 4. The zero-order valence-corrected chi connectivity index (χ0v) is 24.3. The molecule has 1 saturated heterocycles. The van der Waals surface area contributed by atoms with Crippen molar-refractivity contribution in [3.05, 3.63) is 112 Å². The topological polar surface area (TPSA) is 64.2 Å². The summed E-state index contributed by atoms with van der Waals surface area (Å²) in [7, 11) is 0. The van der Waals surface area contributed by atoms with Crippen LogP contribution in [0.1, 0.15) is 36.4 Å². The van der Waals surface area contributed by atoms with Crippen LogP contribution in [0.5, 0.6) is 0 Å². The Hall–Kier alpha value is -4.12. The highest BCUT2D eigenvalue weighted by molar-refractivity contribution is 7.99. The number of hydrogen-bond acceptors (Lipinski definition) is 6. The molecule has 0 bridgehead atoms. The normalized spacial score (nSPS) is 14.4. The smallest absolute Gasteiger partial charge is 0.367 e. The number of alkyl halides is 3. The van der Waals surface area contributed by atoms with Gasteiger partial charge >= 0.3 is 6.18 Å². The molecule has 0 N–H and O–H groups in total. The highest BCUT2D eigenvalue weighted by Crippen LogP contribution is 2.33. The maximum Gasteiger partial charge on any atom is 0.416 e. The molecule has 1 aliphatic heterocycles. The van der Waals surface area contributed by atoms with Gasteiger partial charge in [0.2, 0.25) is 17.1 Å². The van der Waals surface area contributed by atoms with Crippen LogP contribution in [0.25, 0.3) is 22.3 Å². The molecule has 1 aliphatic rings. The molecule has 6 nitrogen and oxygen atoms in total. The van der Waals surface area contributed by atoms with Gasteiger partial charge in [0, 0.05) is 42.7 Å². The van der Waals surface area contributed by atoms with Gasteiger partial charge in [-0.25, -0.2) is 4.39 Å². The van der Waals surface area contributed by atoms with Gasteiger partial charge in [-0.1, -0.05) is 47.6 Å². The summed E-state index contributed by atoms with van der Waals surface area (Å²) in [5, 5.41) is 4.23. The number of aromatic nitrogens is 3. The first kappa shape index (κ1) is 29.0. The van der Waals surface area contributed by atoms with Crippen LogP contribution in [0.3, 0.4) is 0 Å². The van der Waals surface area contributed by atoms with E-state index in [1.54, 1.807) is 28.6 Å². The summed E-state index contributed by atoms with van der Waals surface area (Å²) < 4.78 is 62.5. The average molecular weight is 609 g/mol. The number of benzene rings is 3. The predicted octanol–water partition coefficient (Wildman–Crippen LogP) is 7.14. The third-order valence-corrected chi connectivity index (χ3v) is 8.77. The largest absolute Gasteiger partial charge is 0.416 e. The second-order valence-corrected chi connectivity index (χ2v) is 12.3. The Morgan fingerprint density at radius 1 is 0.953 bits per heavy atom. The molecule has 43 heavy (non-hydrogen) atoms. The number of anilines is 1. The summed E-state index contributed by atoms with van der Waals surface area (Å²) in [6.45, 7) is 5.31. The van der Waals surface area contributed by atoms with Crippen LogP contribution in [-0.4, -0.2) is 39.3 Å². The van der Waals surface area contributed by atoms with Crippen molar-refractivity contribution in [2.75, 3.05) is 29.5 Å². The van der Waals surface area contributed by atoms with E-state index in [0.717, 1.165) is 29.2 Å². The highest BCUT2D eigenvalue weighted by Gasteiger charge is 2.31. The molecule has 0 atom stereocenters. The fraction of sp³-hybridized carbons (Fsp3) is 0.281. The molecule has 0 spiro atoms. The Labute approximate surface area is 249 Å². The van der Waals surface area contributed by atoms with E-state index in [9.17, 15) is 18.0 Å². The maximum absolute atomic E-state index is 15.5. The lowest BCUT2D eigenvalue weighted by Crippen LogP contribution is -2.33. The number of hydrogen-bond donors (Lipinski definition) is 0. The van der Waals surface area contributed by atoms with Crippen LogP contribution in [0, 0.1) is 5.82 Å². The van der Waals surface area contributed by atoms with Crippen LogP contribution in [-0.2, 0) is 18.1 Å². The Balaban J connectivity index is 1.48. The first-order chi connectivity index (χ1) is 20.5. The number of pyridine rings is 1. The third-order valence-electron chi connectivity index (χ3n) is 7.83. The van der Waals surface area contributed by atoms with Gasteiger partial charge < -0.3 is 14.0 Å². The predicted molar refractivity (Wildman–Crippen MR) is 160 cm³/mol. The van der Waals surface area contributed by atoms with Gasteiger partial charge in [0.05, 0.1) is 27.7 Å². The Kier molecular flexibility index (Phi) is 7.53. The monoisotopic (exact) mass is 608 g/mol. The molecular formula is C32H28F4N4O2S. The average Bonchev–Trinajstić information content (AvgIpc) is 3.50. The number of halogens is 4. The highest BCUT2D eigenvalue weighted by atomic mass is 32.2. The Morgan fingerprint density at radius 3 is 2.33 bits per heavy atom. The molecule has 0 radical (unpaired) electrons.